The monoisotopic (exact) mass is 460 g/mol. The SMILES string of the molecule is CSc1ccc(S(=O)(=O)N(CC(=O)NC2CCCCCCC2)c2ccc(C)cc2)cc1. The molecule has 1 fully saturated rings. The Morgan fingerprint density at radius 2 is 1.55 bits per heavy atom. The van der Waals surface area contributed by atoms with E-state index in [-0.39, 0.29) is 23.4 Å². The summed E-state index contributed by atoms with van der Waals surface area (Å²) < 4.78 is 28.2. The van der Waals surface area contributed by atoms with E-state index in [2.05, 4.69) is 5.32 Å². The molecule has 2 aromatic rings. The number of nitrogens with zero attached hydrogens (tertiary/aromatic N) is 1. The van der Waals surface area contributed by atoms with Crippen molar-refractivity contribution in [2.75, 3.05) is 17.1 Å². The van der Waals surface area contributed by atoms with E-state index in [0.29, 0.717) is 5.69 Å². The van der Waals surface area contributed by atoms with Crippen LogP contribution in [0, 0.1) is 6.92 Å². The molecule has 0 unspecified atom stereocenters. The van der Waals surface area contributed by atoms with Gasteiger partial charge in [0.25, 0.3) is 10.0 Å². The van der Waals surface area contributed by atoms with E-state index >= 15 is 0 Å². The summed E-state index contributed by atoms with van der Waals surface area (Å²) in [6, 6.07) is 14.2. The van der Waals surface area contributed by atoms with E-state index in [9.17, 15) is 13.2 Å². The van der Waals surface area contributed by atoms with Gasteiger partial charge in [-0.05, 0) is 62.4 Å². The quantitative estimate of drug-likeness (QED) is 0.581. The van der Waals surface area contributed by atoms with Crippen molar-refractivity contribution in [2.24, 2.45) is 0 Å². The summed E-state index contributed by atoms with van der Waals surface area (Å²) in [5, 5.41) is 3.09. The molecule has 0 spiro atoms. The van der Waals surface area contributed by atoms with Gasteiger partial charge < -0.3 is 5.32 Å². The molecule has 3 rings (SSSR count). The molecule has 0 atom stereocenters. The normalized spacial score (nSPS) is 15.7. The highest BCUT2D eigenvalue weighted by Gasteiger charge is 2.28. The van der Waals surface area contributed by atoms with Crippen LogP contribution in [-0.4, -0.2) is 33.2 Å². The Morgan fingerprint density at radius 1 is 0.968 bits per heavy atom. The molecule has 5 nitrogen and oxygen atoms in total. The van der Waals surface area contributed by atoms with Gasteiger partial charge in [-0.2, -0.15) is 0 Å². The molecule has 168 valence electrons. The summed E-state index contributed by atoms with van der Waals surface area (Å²) in [7, 11) is -3.88. The third-order valence-corrected chi connectivity index (χ3v) is 8.26. The van der Waals surface area contributed by atoms with Crippen LogP contribution in [0.5, 0.6) is 0 Å². The Morgan fingerprint density at radius 3 is 2.13 bits per heavy atom. The number of sulfonamides is 1. The second-order valence-electron chi connectivity index (χ2n) is 8.13. The topological polar surface area (TPSA) is 66.5 Å². The van der Waals surface area contributed by atoms with E-state index in [1.165, 1.54) is 23.6 Å². The average Bonchev–Trinajstić information content (AvgIpc) is 2.74. The fourth-order valence-electron chi connectivity index (χ4n) is 3.91. The highest BCUT2D eigenvalue weighted by Crippen LogP contribution is 2.26. The molecule has 1 aliphatic carbocycles. The first kappa shape index (κ1) is 23.7. The summed E-state index contributed by atoms with van der Waals surface area (Å²) >= 11 is 1.56. The van der Waals surface area contributed by atoms with Crippen molar-refractivity contribution in [1.29, 1.82) is 0 Å². The second kappa shape index (κ2) is 11.0. The lowest BCUT2D eigenvalue weighted by Crippen LogP contribution is -2.44. The van der Waals surface area contributed by atoms with Gasteiger partial charge in [0, 0.05) is 10.9 Å². The summed E-state index contributed by atoms with van der Waals surface area (Å²) in [6.07, 6.45) is 9.72. The maximum Gasteiger partial charge on any atom is 0.264 e. The van der Waals surface area contributed by atoms with Gasteiger partial charge in [-0.3, -0.25) is 9.10 Å². The van der Waals surface area contributed by atoms with Gasteiger partial charge in [0.05, 0.1) is 10.6 Å². The van der Waals surface area contributed by atoms with Gasteiger partial charge in [0.15, 0.2) is 0 Å². The van der Waals surface area contributed by atoms with Crippen molar-refractivity contribution in [3.63, 3.8) is 0 Å². The van der Waals surface area contributed by atoms with Crippen LogP contribution in [0.25, 0.3) is 0 Å². The highest BCUT2D eigenvalue weighted by molar-refractivity contribution is 7.98. The molecule has 2 aromatic carbocycles. The third-order valence-electron chi connectivity index (χ3n) is 5.73. The number of carbonyl (C=O) groups is 1. The number of anilines is 1. The predicted molar refractivity (Wildman–Crippen MR) is 128 cm³/mol. The molecule has 7 heteroatoms. The van der Waals surface area contributed by atoms with Crippen molar-refractivity contribution in [3.05, 3.63) is 54.1 Å². The zero-order chi connectivity index (χ0) is 22.3. The van der Waals surface area contributed by atoms with Crippen molar-refractivity contribution in [1.82, 2.24) is 5.32 Å². The lowest BCUT2D eigenvalue weighted by atomic mass is 9.97. The lowest BCUT2D eigenvalue weighted by Gasteiger charge is -2.26. The van der Waals surface area contributed by atoms with Gasteiger partial charge in [-0.25, -0.2) is 8.42 Å². The summed E-state index contributed by atoms with van der Waals surface area (Å²) in [5.74, 6) is -0.254. The van der Waals surface area contributed by atoms with Crippen molar-refractivity contribution in [2.45, 2.75) is 67.7 Å². The minimum atomic E-state index is -3.88. The van der Waals surface area contributed by atoms with Gasteiger partial charge in [0.2, 0.25) is 5.91 Å². The molecule has 0 saturated heterocycles. The molecule has 1 saturated carbocycles. The van der Waals surface area contributed by atoms with E-state index in [0.717, 1.165) is 36.1 Å². The van der Waals surface area contributed by atoms with Crippen molar-refractivity contribution in [3.8, 4) is 0 Å². The maximum absolute atomic E-state index is 13.5. The first-order valence-corrected chi connectivity index (χ1v) is 13.6. The molecule has 1 aliphatic rings. The standard InChI is InChI=1S/C24H32N2O3S2/c1-19-10-12-21(13-11-19)26(31(28,29)23-16-14-22(30-2)15-17-23)18-24(27)25-20-8-6-4-3-5-7-9-20/h10-17,20H,3-9,18H2,1-2H3,(H,25,27). The van der Waals surface area contributed by atoms with Gasteiger partial charge in [-0.1, -0.05) is 49.8 Å². The molecule has 0 heterocycles. The first-order chi connectivity index (χ1) is 14.9. The number of amides is 1. The largest absolute Gasteiger partial charge is 0.352 e. The molecule has 0 radical (unpaired) electrons. The molecular weight excluding hydrogens is 428 g/mol. The van der Waals surface area contributed by atoms with E-state index in [4.69, 9.17) is 0 Å². The number of nitrogens with one attached hydrogen (secondary N) is 1. The number of carbonyl (C=O) groups excluding carboxylic acids is 1. The van der Waals surface area contributed by atoms with Crippen LogP contribution in [0.2, 0.25) is 0 Å². The van der Waals surface area contributed by atoms with Gasteiger partial charge >= 0.3 is 0 Å². The second-order valence-corrected chi connectivity index (χ2v) is 10.9. The molecule has 0 bridgehead atoms. The molecular formula is C24H32N2O3S2. The number of benzene rings is 2. The zero-order valence-corrected chi connectivity index (χ0v) is 20.0. The van der Waals surface area contributed by atoms with Crippen LogP contribution < -0.4 is 9.62 Å². The van der Waals surface area contributed by atoms with Gasteiger partial charge in [0.1, 0.15) is 6.54 Å². The first-order valence-electron chi connectivity index (χ1n) is 10.9. The van der Waals surface area contributed by atoms with Crippen LogP contribution in [-0.2, 0) is 14.8 Å². The number of aryl methyl sites for hydroxylation is 1. The van der Waals surface area contributed by atoms with E-state index < -0.39 is 10.0 Å². The van der Waals surface area contributed by atoms with Crippen molar-refractivity contribution < 1.29 is 13.2 Å². The predicted octanol–water partition coefficient (Wildman–Crippen LogP) is 5.14. The molecule has 1 amide bonds. The number of rotatable bonds is 7. The lowest BCUT2D eigenvalue weighted by molar-refractivity contribution is -0.120. The summed E-state index contributed by atoms with van der Waals surface area (Å²) in [6.45, 7) is 1.72. The number of thioether (sulfide) groups is 1. The summed E-state index contributed by atoms with van der Waals surface area (Å²) in [4.78, 5) is 14.1. The maximum atomic E-state index is 13.5. The third kappa shape index (κ3) is 6.50. The molecule has 0 aliphatic heterocycles. The Hall–Kier alpha value is -1.99. The highest BCUT2D eigenvalue weighted by atomic mass is 32.2. The van der Waals surface area contributed by atoms with E-state index in [1.54, 1.807) is 48.2 Å². The van der Waals surface area contributed by atoms with Crippen LogP contribution in [0.3, 0.4) is 0 Å². The van der Waals surface area contributed by atoms with Gasteiger partial charge in [-0.15, -0.1) is 11.8 Å². The molecule has 0 aromatic heterocycles. The van der Waals surface area contributed by atoms with Crippen molar-refractivity contribution >= 4 is 33.4 Å². The number of hydrogen-bond donors (Lipinski definition) is 1. The minimum absolute atomic E-state index is 0.122. The Kier molecular flexibility index (Phi) is 8.43. The van der Waals surface area contributed by atoms with Crippen LogP contribution in [0.4, 0.5) is 5.69 Å². The molecule has 31 heavy (non-hydrogen) atoms. The van der Waals surface area contributed by atoms with Crippen LogP contribution >= 0.6 is 11.8 Å². The Balaban J connectivity index is 1.83. The molecule has 1 N–H and O–H groups in total. The Labute approximate surface area is 190 Å². The number of hydrogen-bond acceptors (Lipinski definition) is 4. The zero-order valence-electron chi connectivity index (χ0n) is 18.3. The Bertz CT molecular complexity index is 949. The summed E-state index contributed by atoms with van der Waals surface area (Å²) in [5.41, 5.74) is 1.52. The van der Waals surface area contributed by atoms with Crippen LogP contribution in [0.1, 0.15) is 50.5 Å². The minimum Gasteiger partial charge on any atom is -0.352 e. The average molecular weight is 461 g/mol. The van der Waals surface area contributed by atoms with Crippen LogP contribution in [0.15, 0.2) is 58.3 Å². The fourth-order valence-corrected chi connectivity index (χ4v) is 5.73. The smallest absolute Gasteiger partial charge is 0.264 e. The fraction of sp³-hybridized carbons (Fsp3) is 0.458. The van der Waals surface area contributed by atoms with E-state index in [1.807, 2.05) is 25.3 Å².